The molecule has 1 atom stereocenters. The van der Waals surface area contributed by atoms with E-state index in [1.165, 1.54) is 0 Å². The third kappa shape index (κ3) is 4.58. The van der Waals surface area contributed by atoms with Crippen LogP contribution in [0.1, 0.15) is 27.2 Å². The van der Waals surface area contributed by atoms with Gasteiger partial charge in [-0.25, -0.2) is 0 Å². The summed E-state index contributed by atoms with van der Waals surface area (Å²) in [5.74, 6) is -0.212. The van der Waals surface area contributed by atoms with Crippen molar-refractivity contribution in [3.63, 3.8) is 0 Å². The van der Waals surface area contributed by atoms with Gasteiger partial charge in [0.05, 0.1) is 23.6 Å². The lowest BCUT2D eigenvalue weighted by Gasteiger charge is -2.12. The molecule has 5 nitrogen and oxygen atoms in total. The predicted octanol–water partition coefficient (Wildman–Crippen LogP) is 2.34. The maximum atomic E-state index is 12.6. The van der Waals surface area contributed by atoms with Crippen molar-refractivity contribution in [2.45, 2.75) is 18.9 Å². The Bertz CT molecular complexity index is 844. The normalized spacial score (nSPS) is 11.9. The molecule has 0 aliphatic carbocycles. The highest BCUT2D eigenvalue weighted by Gasteiger charge is 2.17. The molecule has 1 aromatic heterocycles. The summed E-state index contributed by atoms with van der Waals surface area (Å²) in [7, 11) is 1.83. The van der Waals surface area contributed by atoms with Crippen LogP contribution in [0.15, 0.2) is 66.9 Å². The molecule has 0 fully saturated rings. The van der Waals surface area contributed by atoms with Gasteiger partial charge in [-0.15, -0.1) is 0 Å². The van der Waals surface area contributed by atoms with Crippen LogP contribution in [0.3, 0.4) is 0 Å². The summed E-state index contributed by atoms with van der Waals surface area (Å²) in [5, 5.41) is 17.2. The number of aryl methyl sites for hydroxylation is 1. The van der Waals surface area contributed by atoms with Crippen molar-refractivity contribution in [2.24, 2.45) is 7.05 Å². The Labute approximate surface area is 153 Å². The van der Waals surface area contributed by atoms with E-state index in [1.807, 2.05) is 67.7 Å². The number of nitrogens with zero attached hydrogens (tertiary/aromatic N) is 2. The summed E-state index contributed by atoms with van der Waals surface area (Å²) in [4.78, 5) is 12.6. The van der Waals surface area contributed by atoms with Crippen LogP contribution in [0.5, 0.6) is 0 Å². The first kappa shape index (κ1) is 17.9. The highest BCUT2D eigenvalue weighted by molar-refractivity contribution is 5.95. The number of aliphatic hydroxyl groups is 1. The fourth-order valence-corrected chi connectivity index (χ4v) is 2.92. The maximum Gasteiger partial charge on any atom is 0.254 e. The summed E-state index contributed by atoms with van der Waals surface area (Å²) in [5.41, 5.74) is 3.56. The van der Waals surface area contributed by atoms with Gasteiger partial charge in [0.15, 0.2) is 0 Å². The second-order valence-corrected chi connectivity index (χ2v) is 6.34. The van der Waals surface area contributed by atoms with Crippen molar-refractivity contribution in [3.8, 4) is 0 Å². The molecule has 1 amide bonds. The van der Waals surface area contributed by atoms with Crippen LogP contribution in [0, 0.1) is 0 Å². The van der Waals surface area contributed by atoms with Gasteiger partial charge in [-0.3, -0.25) is 9.48 Å². The van der Waals surface area contributed by atoms with E-state index in [1.54, 1.807) is 10.9 Å². The Kier molecular flexibility index (Phi) is 5.81. The SMILES string of the molecule is Cn1ncc(C(=O)NCC(O)Cc2ccccc2)c1Cc1ccccc1. The van der Waals surface area contributed by atoms with E-state index < -0.39 is 6.10 Å². The van der Waals surface area contributed by atoms with Crippen molar-refractivity contribution >= 4 is 5.91 Å². The highest BCUT2D eigenvalue weighted by atomic mass is 16.3. The molecule has 0 radical (unpaired) electrons. The molecule has 0 saturated carbocycles. The molecule has 0 spiro atoms. The lowest BCUT2D eigenvalue weighted by molar-refractivity contribution is 0.0915. The topological polar surface area (TPSA) is 67.2 Å². The number of benzene rings is 2. The van der Waals surface area contributed by atoms with Gasteiger partial charge in [0.25, 0.3) is 5.91 Å². The van der Waals surface area contributed by atoms with Crippen LogP contribution in [0.4, 0.5) is 0 Å². The molecule has 1 unspecified atom stereocenters. The number of hydrogen-bond acceptors (Lipinski definition) is 3. The number of aliphatic hydroxyl groups excluding tert-OH is 1. The molecule has 2 aromatic carbocycles. The van der Waals surface area contributed by atoms with Gasteiger partial charge >= 0.3 is 0 Å². The van der Waals surface area contributed by atoms with Gasteiger partial charge in [0, 0.05) is 26.4 Å². The molecular formula is C21H23N3O2. The largest absolute Gasteiger partial charge is 0.391 e. The molecule has 0 aliphatic rings. The minimum atomic E-state index is -0.629. The molecule has 3 aromatic rings. The van der Waals surface area contributed by atoms with Crippen LogP contribution in [0.2, 0.25) is 0 Å². The van der Waals surface area contributed by atoms with E-state index in [-0.39, 0.29) is 12.5 Å². The van der Waals surface area contributed by atoms with E-state index >= 15 is 0 Å². The fraction of sp³-hybridized carbons (Fsp3) is 0.238. The minimum Gasteiger partial charge on any atom is -0.391 e. The zero-order valence-electron chi connectivity index (χ0n) is 14.8. The predicted molar refractivity (Wildman–Crippen MR) is 101 cm³/mol. The van der Waals surface area contributed by atoms with Crippen molar-refractivity contribution in [3.05, 3.63) is 89.2 Å². The summed E-state index contributed by atoms with van der Waals surface area (Å²) in [6.45, 7) is 0.202. The molecule has 5 heteroatoms. The van der Waals surface area contributed by atoms with Gasteiger partial charge < -0.3 is 10.4 Å². The third-order valence-corrected chi connectivity index (χ3v) is 4.33. The third-order valence-electron chi connectivity index (χ3n) is 4.33. The first-order valence-corrected chi connectivity index (χ1v) is 8.68. The van der Waals surface area contributed by atoms with Gasteiger partial charge in [0.2, 0.25) is 0 Å². The van der Waals surface area contributed by atoms with E-state index in [0.29, 0.717) is 18.4 Å². The molecule has 0 aliphatic heterocycles. The van der Waals surface area contributed by atoms with Gasteiger partial charge in [-0.1, -0.05) is 60.7 Å². The molecular weight excluding hydrogens is 326 g/mol. The first-order chi connectivity index (χ1) is 12.6. The number of carbonyl (C=O) groups is 1. The van der Waals surface area contributed by atoms with Gasteiger partial charge in [0.1, 0.15) is 0 Å². The standard InChI is InChI=1S/C21H23N3O2/c1-24-20(13-17-10-6-3-7-11-17)19(15-23-24)21(26)22-14-18(25)12-16-8-4-2-5-9-16/h2-11,15,18,25H,12-14H2,1H3,(H,22,26). The molecule has 0 saturated heterocycles. The maximum absolute atomic E-state index is 12.6. The monoisotopic (exact) mass is 349 g/mol. The summed E-state index contributed by atoms with van der Waals surface area (Å²) < 4.78 is 1.72. The zero-order chi connectivity index (χ0) is 18.4. The van der Waals surface area contributed by atoms with Crippen molar-refractivity contribution in [1.29, 1.82) is 0 Å². The Morgan fingerprint density at radius 2 is 1.69 bits per heavy atom. The van der Waals surface area contributed by atoms with E-state index in [4.69, 9.17) is 0 Å². The minimum absolute atomic E-state index is 0.202. The Morgan fingerprint density at radius 1 is 1.08 bits per heavy atom. The Hall–Kier alpha value is -2.92. The number of amides is 1. The second kappa shape index (κ2) is 8.45. The summed E-state index contributed by atoms with van der Waals surface area (Å²) in [6, 6.07) is 19.7. The highest BCUT2D eigenvalue weighted by Crippen LogP contribution is 2.14. The van der Waals surface area contributed by atoms with Crippen molar-refractivity contribution in [1.82, 2.24) is 15.1 Å². The molecule has 2 N–H and O–H groups in total. The average molecular weight is 349 g/mol. The number of carbonyl (C=O) groups excluding carboxylic acids is 1. The Balaban J connectivity index is 1.61. The molecule has 0 bridgehead atoms. The smallest absolute Gasteiger partial charge is 0.254 e. The molecule has 3 rings (SSSR count). The molecule has 1 heterocycles. The van der Waals surface area contributed by atoms with Crippen LogP contribution in [-0.4, -0.2) is 33.4 Å². The van der Waals surface area contributed by atoms with E-state index in [2.05, 4.69) is 10.4 Å². The lowest BCUT2D eigenvalue weighted by atomic mass is 10.1. The number of nitrogens with one attached hydrogen (secondary N) is 1. The molecule has 134 valence electrons. The summed E-state index contributed by atoms with van der Waals surface area (Å²) in [6.07, 6.45) is 2.09. The van der Waals surface area contributed by atoms with Crippen LogP contribution >= 0.6 is 0 Å². The quantitative estimate of drug-likeness (QED) is 0.688. The average Bonchev–Trinajstić information content (AvgIpc) is 3.02. The van der Waals surface area contributed by atoms with Crippen LogP contribution in [-0.2, 0) is 19.9 Å². The summed E-state index contributed by atoms with van der Waals surface area (Å²) >= 11 is 0. The number of rotatable bonds is 7. The number of aromatic nitrogens is 2. The second-order valence-electron chi connectivity index (χ2n) is 6.34. The van der Waals surface area contributed by atoms with Gasteiger partial charge in [-0.2, -0.15) is 5.10 Å². The first-order valence-electron chi connectivity index (χ1n) is 8.68. The van der Waals surface area contributed by atoms with Crippen molar-refractivity contribution in [2.75, 3.05) is 6.54 Å². The van der Waals surface area contributed by atoms with Gasteiger partial charge in [-0.05, 0) is 11.1 Å². The Morgan fingerprint density at radius 3 is 2.35 bits per heavy atom. The number of hydrogen-bond donors (Lipinski definition) is 2. The zero-order valence-corrected chi connectivity index (χ0v) is 14.8. The van der Waals surface area contributed by atoms with E-state index in [9.17, 15) is 9.90 Å². The lowest BCUT2D eigenvalue weighted by Crippen LogP contribution is -2.33. The van der Waals surface area contributed by atoms with Crippen LogP contribution in [0.25, 0.3) is 0 Å². The fourth-order valence-electron chi connectivity index (χ4n) is 2.92. The van der Waals surface area contributed by atoms with Crippen molar-refractivity contribution < 1.29 is 9.90 Å². The van der Waals surface area contributed by atoms with E-state index in [0.717, 1.165) is 16.8 Å². The van der Waals surface area contributed by atoms with Crippen LogP contribution < -0.4 is 5.32 Å². The molecule has 26 heavy (non-hydrogen) atoms.